The Labute approximate surface area is 104 Å². The maximum absolute atomic E-state index is 6.17. The summed E-state index contributed by atoms with van der Waals surface area (Å²) in [5.41, 5.74) is 1.91. The molecule has 2 aromatic rings. The highest BCUT2D eigenvalue weighted by Crippen LogP contribution is 2.40. The van der Waals surface area contributed by atoms with Crippen LogP contribution in [-0.4, -0.2) is 9.78 Å². The molecule has 16 heavy (non-hydrogen) atoms. The molecule has 0 bridgehead atoms. The van der Waals surface area contributed by atoms with E-state index in [1.54, 1.807) is 4.68 Å². The molecule has 4 heteroatoms. The summed E-state index contributed by atoms with van der Waals surface area (Å²) >= 11 is 12.3. The molecule has 1 heterocycles. The molecule has 0 unspecified atom stereocenters. The number of rotatable bonds is 2. The summed E-state index contributed by atoms with van der Waals surface area (Å²) in [6.07, 6.45) is 2.44. The van der Waals surface area contributed by atoms with E-state index in [1.165, 1.54) is 12.8 Å². The fourth-order valence-corrected chi connectivity index (χ4v) is 2.20. The van der Waals surface area contributed by atoms with Crippen LogP contribution in [-0.2, 0) is 0 Å². The van der Waals surface area contributed by atoms with E-state index in [2.05, 4.69) is 5.10 Å². The Morgan fingerprint density at radius 1 is 1.19 bits per heavy atom. The van der Waals surface area contributed by atoms with Crippen LogP contribution >= 0.6 is 23.2 Å². The van der Waals surface area contributed by atoms with Crippen molar-refractivity contribution < 1.29 is 0 Å². The van der Waals surface area contributed by atoms with Crippen LogP contribution in [0.5, 0.6) is 0 Å². The number of hydrogen-bond acceptors (Lipinski definition) is 1. The summed E-state index contributed by atoms with van der Waals surface area (Å²) in [6.45, 7) is 0. The standard InChI is InChI=1S/C12H10Cl2N2/c13-9-3-1-2-4-11(9)16-12(14)7-10(15-16)8-5-6-8/h1-4,7-8H,5-6H2. The van der Waals surface area contributed by atoms with E-state index in [4.69, 9.17) is 23.2 Å². The molecule has 0 spiro atoms. The number of para-hydroxylation sites is 1. The Kier molecular flexibility index (Phi) is 2.41. The second-order valence-corrected chi connectivity index (χ2v) is 4.82. The molecule has 0 radical (unpaired) electrons. The third-order valence-electron chi connectivity index (χ3n) is 2.76. The highest BCUT2D eigenvalue weighted by molar-refractivity contribution is 6.33. The zero-order chi connectivity index (χ0) is 11.1. The molecule has 1 aromatic carbocycles. The van der Waals surface area contributed by atoms with Gasteiger partial charge in [-0.25, -0.2) is 4.68 Å². The van der Waals surface area contributed by atoms with E-state index in [0.717, 1.165) is 11.4 Å². The van der Waals surface area contributed by atoms with E-state index in [9.17, 15) is 0 Å². The van der Waals surface area contributed by atoms with Gasteiger partial charge in [0.05, 0.1) is 16.4 Å². The van der Waals surface area contributed by atoms with E-state index in [1.807, 2.05) is 30.3 Å². The Morgan fingerprint density at radius 2 is 1.94 bits per heavy atom. The lowest BCUT2D eigenvalue weighted by molar-refractivity contribution is 0.838. The quantitative estimate of drug-likeness (QED) is 0.789. The van der Waals surface area contributed by atoms with Crippen molar-refractivity contribution in [3.63, 3.8) is 0 Å². The Balaban J connectivity index is 2.08. The minimum atomic E-state index is 0.598. The Morgan fingerprint density at radius 3 is 2.62 bits per heavy atom. The topological polar surface area (TPSA) is 17.8 Å². The van der Waals surface area contributed by atoms with Crippen molar-refractivity contribution in [1.29, 1.82) is 0 Å². The number of hydrogen-bond donors (Lipinski definition) is 0. The molecular formula is C12H10Cl2N2. The van der Waals surface area contributed by atoms with Gasteiger partial charge in [0.1, 0.15) is 5.15 Å². The van der Waals surface area contributed by atoms with E-state index >= 15 is 0 Å². The summed E-state index contributed by atoms with van der Waals surface area (Å²) in [5.74, 6) is 0.598. The Hall–Kier alpha value is -0.990. The SMILES string of the molecule is Clc1ccccc1-n1nc(C2CC2)cc1Cl. The summed E-state index contributed by atoms with van der Waals surface area (Å²) in [6, 6.07) is 9.51. The molecule has 1 aliphatic carbocycles. The van der Waals surface area contributed by atoms with Gasteiger partial charge in [0.2, 0.25) is 0 Å². The maximum atomic E-state index is 6.17. The first-order valence-electron chi connectivity index (χ1n) is 5.26. The molecule has 0 saturated heterocycles. The highest BCUT2D eigenvalue weighted by atomic mass is 35.5. The van der Waals surface area contributed by atoms with Gasteiger partial charge < -0.3 is 0 Å². The molecule has 2 nitrogen and oxygen atoms in total. The van der Waals surface area contributed by atoms with Crippen LogP contribution in [0.2, 0.25) is 10.2 Å². The lowest BCUT2D eigenvalue weighted by Gasteiger charge is -2.04. The monoisotopic (exact) mass is 252 g/mol. The van der Waals surface area contributed by atoms with Gasteiger partial charge in [-0.05, 0) is 31.0 Å². The first kappa shape index (κ1) is 10.2. The largest absolute Gasteiger partial charge is 0.220 e. The molecule has 1 fully saturated rings. The van der Waals surface area contributed by atoms with Crippen molar-refractivity contribution in [2.45, 2.75) is 18.8 Å². The fourth-order valence-electron chi connectivity index (χ4n) is 1.75. The molecular weight excluding hydrogens is 243 g/mol. The summed E-state index contributed by atoms with van der Waals surface area (Å²) in [7, 11) is 0. The lowest BCUT2D eigenvalue weighted by atomic mass is 10.3. The third-order valence-corrected chi connectivity index (χ3v) is 3.35. The van der Waals surface area contributed by atoms with Crippen LogP contribution in [0.25, 0.3) is 5.69 Å². The van der Waals surface area contributed by atoms with E-state index < -0.39 is 0 Å². The Bertz CT molecular complexity index is 530. The van der Waals surface area contributed by atoms with Gasteiger partial charge in [-0.3, -0.25) is 0 Å². The minimum absolute atomic E-state index is 0.598. The number of halogens is 2. The van der Waals surface area contributed by atoms with Crippen molar-refractivity contribution in [3.8, 4) is 5.69 Å². The average Bonchev–Trinajstić information content (AvgIpc) is 3.04. The summed E-state index contributed by atoms with van der Waals surface area (Å²) in [5, 5.41) is 5.79. The fraction of sp³-hybridized carbons (Fsp3) is 0.250. The van der Waals surface area contributed by atoms with Crippen molar-refractivity contribution >= 4 is 23.2 Å². The van der Waals surface area contributed by atoms with Crippen LogP contribution in [0.3, 0.4) is 0 Å². The lowest BCUT2D eigenvalue weighted by Crippen LogP contribution is -1.97. The third kappa shape index (κ3) is 1.72. The summed E-state index contributed by atoms with van der Waals surface area (Å²) < 4.78 is 1.71. The van der Waals surface area contributed by atoms with Crippen LogP contribution in [0.15, 0.2) is 30.3 Å². The molecule has 3 rings (SSSR count). The molecule has 0 N–H and O–H groups in total. The minimum Gasteiger partial charge on any atom is -0.220 e. The second-order valence-electron chi connectivity index (χ2n) is 4.03. The first-order valence-corrected chi connectivity index (χ1v) is 6.01. The smallest absolute Gasteiger partial charge is 0.133 e. The zero-order valence-corrected chi connectivity index (χ0v) is 10.0. The number of aromatic nitrogens is 2. The highest BCUT2D eigenvalue weighted by Gasteiger charge is 2.27. The van der Waals surface area contributed by atoms with Gasteiger partial charge in [0, 0.05) is 5.92 Å². The predicted molar refractivity (Wildman–Crippen MR) is 65.6 cm³/mol. The number of nitrogens with zero attached hydrogens (tertiary/aromatic N) is 2. The van der Waals surface area contributed by atoms with Crippen LogP contribution in [0.4, 0.5) is 0 Å². The van der Waals surface area contributed by atoms with Crippen molar-refractivity contribution in [2.24, 2.45) is 0 Å². The van der Waals surface area contributed by atoms with Crippen LogP contribution in [0.1, 0.15) is 24.5 Å². The van der Waals surface area contributed by atoms with Crippen molar-refractivity contribution in [1.82, 2.24) is 9.78 Å². The average molecular weight is 253 g/mol. The van der Waals surface area contributed by atoms with Gasteiger partial charge in [-0.1, -0.05) is 35.3 Å². The molecule has 0 atom stereocenters. The van der Waals surface area contributed by atoms with Crippen molar-refractivity contribution in [3.05, 3.63) is 46.2 Å². The first-order chi connectivity index (χ1) is 7.75. The molecule has 1 saturated carbocycles. The van der Waals surface area contributed by atoms with Crippen molar-refractivity contribution in [2.75, 3.05) is 0 Å². The molecule has 1 aliphatic rings. The van der Waals surface area contributed by atoms with Gasteiger partial charge in [-0.15, -0.1) is 0 Å². The molecule has 0 aliphatic heterocycles. The molecule has 1 aromatic heterocycles. The second kappa shape index (κ2) is 3.79. The van der Waals surface area contributed by atoms with Crippen LogP contribution < -0.4 is 0 Å². The van der Waals surface area contributed by atoms with Gasteiger partial charge in [0.25, 0.3) is 0 Å². The zero-order valence-electron chi connectivity index (χ0n) is 8.53. The van der Waals surface area contributed by atoms with Gasteiger partial charge in [0.15, 0.2) is 0 Å². The summed E-state index contributed by atoms with van der Waals surface area (Å²) in [4.78, 5) is 0. The molecule has 82 valence electrons. The van der Waals surface area contributed by atoms with E-state index in [-0.39, 0.29) is 0 Å². The van der Waals surface area contributed by atoms with Gasteiger partial charge in [-0.2, -0.15) is 5.10 Å². The molecule has 0 amide bonds. The van der Waals surface area contributed by atoms with E-state index in [0.29, 0.717) is 16.1 Å². The van der Waals surface area contributed by atoms with Gasteiger partial charge >= 0.3 is 0 Å². The van der Waals surface area contributed by atoms with Crippen LogP contribution in [0, 0.1) is 0 Å². The predicted octanol–water partition coefficient (Wildman–Crippen LogP) is 4.06. The number of benzene rings is 1. The normalized spacial score (nSPS) is 15.4. The maximum Gasteiger partial charge on any atom is 0.133 e.